The Hall–Kier alpha value is -1.02. The summed E-state index contributed by atoms with van der Waals surface area (Å²) in [5.41, 5.74) is 0. The summed E-state index contributed by atoms with van der Waals surface area (Å²) in [6, 6.07) is 0. The molecule has 2 unspecified atom stereocenters. The summed E-state index contributed by atoms with van der Waals surface area (Å²) in [6.45, 7) is 5.42. The van der Waals surface area contributed by atoms with Crippen LogP contribution in [-0.2, 0) is 27.9 Å². The molecule has 0 saturated heterocycles. The Balaban J connectivity index is 4.17. The standard InChI is InChI=1S/C48H94NO7P/c1-6-8-10-12-14-16-18-20-22-24-25-26-28-30-32-34-36-38-40-43-53-45-47(46-55-57(51,52)54-44-42-49(3,4)5)56-48(50)41-39-37-35-33-31-29-27-23-21-19-17-15-13-11-9-7-2/h17,19,23,27,47H,6-16,18,20-22,24-26,28-46H2,1-5H3/b19-17-,27-23-. The molecule has 0 aromatic heterocycles. The lowest BCUT2D eigenvalue weighted by molar-refractivity contribution is -0.870. The third kappa shape index (κ3) is 45.9. The van der Waals surface area contributed by atoms with Gasteiger partial charge in [0.1, 0.15) is 19.3 Å². The van der Waals surface area contributed by atoms with Gasteiger partial charge in [-0.15, -0.1) is 0 Å². The van der Waals surface area contributed by atoms with E-state index in [9.17, 15) is 14.3 Å². The number of hydrogen-bond acceptors (Lipinski definition) is 7. The van der Waals surface area contributed by atoms with E-state index in [-0.39, 0.29) is 25.8 Å². The van der Waals surface area contributed by atoms with Gasteiger partial charge in [-0.05, 0) is 44.9 Å². The number of esters is 1. The summed E-state index contributed by atoms with van der Waals surface area (Å²) in [7, 11) is 1.36. The third-order valence-corrected chi connectivity index (χ3v) is 11.5. The molecule has 338 valence electrons. The third-order valence-electron chi connectivity index (χ3n) is 10.5. The van der Waals surface area contributed by atoms with Crippen LogP contribution in [-0.4, -0.2) is 70.7 Å². The molecule has 0 aliphatic heterocycles. The number of likely N-dealkylation sites (N-methyl/N-ethyl adjacent to an activating group) is 1. The number of carbonyl (C=O) groups excluding carboxylic acids is 1. The van der Waals surface area contributed by atoms with Crippen molar-refractivity contribution in [2.24, 2.45) is 0 Å². The fourth-order valence-corrected chi connectivity index (χ4v) is 7.48. The van der Waals surface area contributed by atoms with Crippen molar-refractivity contribution in [3.05, 3.63) is 24.3 Å². The second-order valence-corrected chi connectivity index (χ2v) is 18.9. The van der Waals surface area contributed by atoms with E-state index in [2.05, 4.69) is 38.2 Å². The number of rotatable bonds is 45. The van der Waals surface area contributed by atoms with Crippen LogP contribution < -0.4 is 4.89 Å². The average Bonchev–Trinajstić information content (AvgIpc) is 3.16. The molecular weight excluding hydrogens is 734 g/mol. The molecule has 0 saturated carbocycles. The molecule has 2 atom stereocenters. The fourth-order valence-electron chi connectivity index (χ4n) is 6.75. The van der Waals surface area contributed by atoms with Gasteiger partial charge in [0.05, 0.1) is 34.4 Å². The maximum Gasteiger partial charge on any atom is 0.306 e. The molecule has 0 N–H and O–H groups in total. The Morgan fingerprint density at radius 3 is 1.44 bits per heavy atom. The average molecular weight is 828 g/mol. The van der Waals surface area contributed by atoms with Crippen LogP contribution in [0.3, 0.4) is 0 Å². The van der Waals surface area contributed by atoms with Gasteiger partial charge in [0.15, 0.2) is 0 Å². The quantitative estimate of drug-likeness (QED) is 0.0198. The molecule has 0 spiro atoms. The highest BCUT2D eigenvalue weighted by Crippen LogP contribution is 2.38. The van der Waals surface area contributed by atoms with Crippen molar-refractivity contribution in [1.29, 1.82) is 0 Å². The van der Waals surface area contributed by atoms with E-state index in [1.54, 1.807) is 0 Å². The molecule has 0 heterocycles. The van der Waals surface area contributed by atoms with Gasteiger partial charge in [-0.25, -0.2) is 0 Å². The Morgan fingerprint density at radius 2 is 0.965 bits per heavy atom. The van der Waals surface area contributed by atoms with Crippen molar-refractivity contribution in [2.75, 3.05) is 54.1 Å². The minimum atomic E-state index is -4.53. The zero-order valence-electron chi connectivity index (χ0n) is 38.3. The summed E-state index contributed by atoms with van der Waals surface area (Å²) >= 11 is 0. The predicted molar refractivity (Wildman–Crippen MR) is 240 cm³/mol. The van der Waals surface area contributed by atoms with Gasteiger partial charge in [-0.2, -0.15) is 0 Å². The Morgan fingerprint density at radius 1 is 0.544 bits per heavy atom. The molecule has 0 radical (unpaired) electrons. The maximum absolute atomic E-state index is 12.7. The molecule has 0 aromatic rings. The van der Waals surface area contributed by atoms with Crippen molar-refractivity contribution >= 4 is 13.8 Å². The van der Waals surface area contributed by atoms with Gasteiger partial charge < -0.3 is 27.9 Å². The van der Waals surface area contributed by atoms with Crippen LogP contribution in [0, 0.1) is 0 Å². The first-order valence-corrected chi connectivity index (χ1v) is 25.5. The lowest BCUT2D eigenvalue weighted by Crippen LogP contribution is -2.37. The van der Waals surface area contributed by atoms with Crippen molar-refractivity contribution in [2.45, 2.75) is 225 Å². The molecule has 0 amide bonds. The van der Waals surface area contributed by atoms with E-state index in [0.29, 0.717) is 24.1 Å². The summed E-state index contributed by atoms with van der Waals surface area (Å²) in [4.78, 5) is 25.1. The van der Waals surface area contributed by atoms with Gasteiger partial charge in [0.25, 0.3) is 7.82 Å². The predicted octanol–water partition coefficient (Wildman–Crippen LogP) is 13.8. The van der Waals surface area contributed by atoms with Crippen molar-refractivity contribution < 1.29 is 37.3 Å². The molecule has 0 bridgehead atoms. The first kappa shape index (κ1) is 56.0. The van der Waals surface area contributed by atoms with Gasteiger partial charge in [-0.1, -0.05) is 192 Å². The molecule has 8 nitrogen and oxygen atoms in total. The molecule has 9 heteroatoms. The number of allylic oxidation sites excluding steroid dienone is 4. The topological polar surface area (TPSA) is 94.1 Å². The number of phosphoric ester groups is 1. The van der Waals surface area contributed by atoms with Crippen LogP contribution in [0.5, 0.6) is 0 Å². The van der Waals surface area contributed by atoms with Gasteiger partial charge in [0, 0.05) is 13.0 Å². The number of phosphoric acid groups is 1. The van der Waals surface area contributed by atoms with Crippen molar-refractivity contribution in [3.8, 4) is 0 Å². The fraction of sp³-hybridized carbons (Fsp3) is 0.896. The SMILES string of the molecule is CCCCCC/C=C\C/C=C\CCCCCCCC(=O)OC(COCCCCCCCCCCCCCCCCCCCCC)COP(=O)([O-])OCC[N+](C)(C)C. The Labute approximate surface area is 353 Å². The van der Waals surface area contributed by atoms with E-state index >= 15 is 0 Å². The number of unbranched alkanes of at least 4 members (excludes halogenated alkanes) is 27. The summed E-state index contributed by atoms with van der Waals surface area (Å²) in [6.07, 6.45) is 47.6. The highest BCUT2D eigenvalue weighted by molar-refractivity contribution is 7.45. The van der Waals surface area contributed by atoms with E-state index in [1.807, 2.05) is 21.1 Å². The molecule has 0 aliphatic rings. The smallest absolute Gasteiger partial charge is 0.306 e. The van der Waals surface area contributed by atoms with E-state index in [4.69, 9.17) is 18.5 Å². The second-order valence-electron chi connectivity index (χ2n) is 17.5. The number of ether oxygens (including phenoxy) is 2. The number of hydrogen-bond donors (Lipinski definition) is 0. The van der Waals surface area contributed by atoms with Gasteiger partial charge >= 0.3 is 5.97 Å². The van der Waals surface area contributed by atoms with Gasteiger partial charge in [0.2, 0.25) is 0 Å². The maximum atomic E-state index is 12.7. The van der Waals surface area contributed by atoms with Crippen LogP contribution in [0.1, 0.15) is 219 Å². The summed E-state index contributed by atoms with van der Waals surface area (Å²) in [5.74, 6) is -0.344. The van der Waals surface area contributed by atoms with Crippen LogP contribution in [0.15, 0.2) is 24.3 Å². The lowest BCUT2D eigenvalue weighted by atomic mass is 10.0. The van der Waals surface area contributed by atoms with Crippen LogP contribution in [0.2, 0.25) is 0 Å². The summed E-state index contributed by atoms with van der Waals surface area (Å²) in [5, 5.41) is 0. The molecule has 0 fully saturated rings. The number of nitrogens with zero attached hydrogens (tertiary/aromatic N) is 1. The minimum absolute atomic E-state index is 0.0253. The lowest BCUT2D eigenvalue weighted by Gasteiger charge is -2.28. The van der Waals surface area contributed by atoms with E-state index < -0.39 is 13.9 Å². The Bertz CT molecular complexity index is 967. The largest absolute Gasteiger partial charge is 0.756 e. The van der Waals surface area contributed by atoms with E-state index in [0.717, 1.165) is 57.8 Å². The van der Waals surface area contributed by atoms with E-state index in [1.165, 1.54) is 141 Å². The minimum Gasteiger partial charge on any atom is -0.756 e. The van der Waals surface area contributed by atoms with Crippen molar-refractivity contribution in [1.82, 2.24) is 0 Å². The normalized spacial score (nSPS) is 13.9. The second kappa shape index (κ2) is 41.7. The van der Waals surface area contributed by atoms with Crippen molar-refractivity contribution in [3.63, 3.8) is 0 Å². The zero-order chi connectivity index (χ0) is 42.0. The highest BCUT2D eigenvalue weighted by atomic mass is 31.2. The highest BCUT2D eigenvalue weighted by Gasteiger charge is 2.20. The summed E-state index contributed by atoms with van der Waals surface area (Å²) < 4.78 is 34.7. The van der Waals surface area contributed by atoms with Crippen LogP contribution in [0.4, 0.5) is 0 Å². The Kier molecular flexibility index (Phi) is 41.0. The molecule has 0 rings (SSSR count). The zero-order valence-corrected chi connectivity index (χ0v) is 39.2. The molecular formula is C48H94NO7P. The molecule has 0 aliphatic carbocycles. The number of quaternary nitrogens is 1. The van der Waals surface area contributed by atoms with Crippen LogP contribution >= 0.6 is 7.82 Å². The number of carbonyl (C=O) groups is 1. The monoisotopic (exact) mass is 828 g/mol. The van der Waals surface area contributed by atoms with Crippen LogP contribution in [0.25, 0.3) is 0 Å². The van der Waals surface area contributed by atoms with Gasteiger partial charge in [-0.3, -0.25) is 9.36 Å². The first-order chi connectivity index (χ1) is 27.6. The molecule has 57 heavy (non-hydrogen) atoms. The molecule has 0 aromatic carbocycles. The first-order valence-electron chi connectivity index (χ1n) is 24.1.